The molecule has 3 nitrogen and oxygen atoms in total. The Bertz CT molecular complexity index is 473. The number of phenolic OH excluding ortho intramolecular Hbond substituents is 1. The Morgan fingerprint density at radius 1 is 1.38 bits per heavy atom. The highest BCUT2D eigenvalue weighted by atomic mass is 16.3. The summed E-state index contributed by atoms with van der Waals surface area (Å²) in [4.78, 5) is 0. The Morgan fingerprint density at radius 2 is 2.00 bits per heavy atom. The van der Waals surface area contributed by atoms with Gasteiger partial charge in [-0.3, -0.25) is 0 Å². The smallest absolute Gasteiger partial charge is 0.138 e. The fourth-order valence-corrected chi connectivity index (χ4v) is 2.23. The molecule has 1 aliphatic rings. The van der Waals surface area contributed by atoms with Crippen molar-refractivity contribution < 1.29 is 10.2 Å². The van der Waals surface area contributed by atoms with Gasteiger partial charge in [-0.05, 0) is 36.3 Å². The van der Waals surface area contributed by atoms with Crippen molar-refractivity contribution in [2.45, 2.75) is 18.8 Å². The van der Waals surface area contributed by atoms with Crippen molar-refractivity contribution in [2.75, 3.05) is 5.73 Å². The molecule has 0 aromatic heterocycles. The molecule has 1 aromatic carbocycles. The van der Waals surface area contributed by atoms with Crippen LogP contribution in [0.5, 0.6) is 5.75 Å². The normalized spacial score (nSPS) is 23.4. The fourth-order valence-electron chi connectivity index (χ4n) is 2.23. The van der Waals surface area contributed by atoms with Gasteiger partial charge in [-0.25, -0.2) is 0 Å². The lowest BCUT2D eigenvalue weighted by atomic mass is 9.67. The molecule has 3 heteroatoms. The van der Waals surface area contributed by atoms with Gasteiger partial charge in [0.2, 0.25) is 0 Å². The maximum absolute atomic E-state index is 9.52. The molecular weight excluding hydrogens is 202 g/mol. The van der Waals surface area contributed by atoms with Crippen molar-refractivity contribution in [1.82, 2.24) is 0 Å². The minimum absolute atomic E-state index is 0.105. The Kier molecular flexibility index (Phi) is 2.38. The third-order valence-electron chi connectivity index (χ3n) is 3.01. The van der Waals surface area contributed by atoms with Crippen molar-refractivity contribution >= 4 is 5.69 Å². The van der Waals surface area contributed by atoms with Gasteiger partial charge in [0, 0.05) is 11.8 Å². The van der Waals surface area contributed by atoms with Gasteiger partial charge in [-0.15, -0.1) is 6.58 Å². The lowest BCUT2D eigenvalue weighted by molar-refractivity contribution is 0.405. The van der Waals surface area contributed by atoms with E-state index >= 15 is 0 Å². The van der Waals surface area contributed by atoms with E-state index in [9.17, 15) is 10.2 Å². The van der Waals surface area contributed by atoms with Gasteiger partial charge in [-0.2, -0.15) is 0 Å². The molecule has 0 radical (unpaired) electrons. The quantitative estimate of drug-likeness (QED) is 0.309. The number of aliphatic hydroxyl groups excluding tert-OH is 1. The van der Waals surface area contributed by atoms with E-state index < -0.39 is 0 Å². The van der Waals surface area contributed by atoms with Gasteiger partial charge < -0.3 is 15.9 Å². The zero-order valence-corrected chi connectivity index (χ0v) is 9.14. The third-order valence-corrected chi connectivity index (χ3v) is 3.01. The monoisotopic (exact) mass is 217 g/mol. The van der Waals surface area contributed by atoms with E-state index in [0.717, 1.165) is 11.1 Å². The number of hydrogen-bond acceptors (Lipinski definition) is 3. The SMILES string of the molecule is C=CC1c2cc(O)c(N)cc2C1/C=C(\C)O. The number of anilines is 1. The first-order valence-electron chi connectivity index (χ1n) is 5.16. The summed E-state index contributed by atoms with van der Waals surface area (Å²) in [5, 5.41) is 18.8. The summed E-state index contributed by atoms with van der Waals surface area (Å²) in [6.07, 6.45) is 3.60. The van der Waals surface area contributed by atoms with Crippen LogP contribution in [0.2, 0.25) is 0 Å². The molecule has 0 saturated heterocycles. The summed E-state index contributed by atoms with van der Waals surface area (Å²) in [6.45, 7) is 5.41. The maximum Gasteiger partial charge on any atom is 0.138 e. The summed E-state index contributed by atoms with van der Waals surface area (Å²) in [6, 6.07) is 3.43. The van der Waals surface area contributed by atoms with Crippen molar-refractivity contribution in [3.05, 3.63) is 47.7 Å². The molecule has 2 rings (SSSR count). The molecule has 0 bridgehead atoms. The van der Waals surface area contributed by atoms with Crippen LogP contribution in [0, 0.1) is 0 Å². The van der Waals surface area contributed by atoms with Crippen LogP contribution in [-0.2, 0) is 0 Å². The Labute approximate surface area is 94.5 Å². The third kappa shape index (κ3) is 1.45. The summed E-state index contributed by atoms with van der Waals surface area (Å²) in [7, 11) is 0. The van der Waals surface area contributed by atoms with Crippen molar-refractivity contribution in [2.24, 2.45) is 0 Å². The summed E-state index contributed by atoms with van der Waals surface area (Å²) in [5.41, 5.74) is 8.10. The molecule has 1 aromatic rings. The molecule has 0 amide bonds. The fraction of sp³-hybridized carbons (Fsp3) is 0.231. The maximum atomic E-state index is 9.52. The number of fused-ring (bicyclic) bond motifs is 1. The minimum atomic E-state index is 0.105. The van der Waals surface area contributed by atoms with Crippen molar-refractivity contribution in [3.63, 3.8) is 0 Å². The van der Waals surface area contributed by atoms with Gasteiger partial charge in [0.05, 0.1) is 11.4 Å². The number of rotatable bonds is 2. The van der Waals surface area contributed by atoms with Crippen LogP contribution in [0.4, 0.5) is 5.69 Å². The molecule has 16 heavy (non-hydrogen) atoms. The first-order chi connectivity index (χ1) is 7.54. The zero-order valence-electron chi connectivity index (χ0n) is 9.14. The van der Waals surface area contributed by atoms with Gasteiger partial charge in [0.25, 0.3) is 0 Å². The molecule has 0 fully saturated rings. The van der Waals surface area contributed by atoms with Gasteiger partial charge >= 0.3 is 0 Å². The van der Waals surface area contributed by atoms with E-state index in [1.165, 1.54) is 0 Å². The van der Waals surface area contributed by atoms with E-state index in [1.54, 1.807) is 25.1 Å². The van der Waals surface area contributed by atoms with Crippen LogP contribution in [-0.4, -0.2) is 10.2 Å². The predicted octanol–water partition coefficient (Wildman–Crippen LogP) is 2.80. The average molecular weight is 217 g/mol. The Morgan fingerprint density at radius 3 is 2.56 bits per heavy atom. The molecule has 4 N–H and O–H groups in total. The predicted molar refractivity (Wildman–Crippen MR) is 64.6 cm³/mol. The molecule has 0 saturated carbocycles. The number of aliphatic hydroxyl groups is 1. The number of nitrogens with two attached hydrogens (primary N) is 1. The number of nitrogen functional groups attached to an aromatic ring is 1. The van der Waals surface area contributed by atoms with E-state index in [2.05, 4.69) is 6.58 Å². The number of allylic oxidation sites excluding steroid dienone is 3. The summed E-state index contributed by atoms with van der Waals surface area (Å²) in [5.74, 6) is 0.645. The first-order valence-corrected chi connectivity index (χ1v) is 5.16. The number of phenols is 1. The van der Waals surface area contributed by atoms with Gasteiger partial charge in [0.15, 0.2) is 0 Å². The van der Waals surface area contributed by atoms with Crippen LogP contribution < -0.4 is 5.73 Å². The molecule has 0 spiro atoms. The molecule has 84 valence electrons. The van der Waals surface area contributed by atoms with Crippen LogP contribution in [0.1, 0.15) is 29.9 Å². The highest BCUT2D eigenvalue weighted by Gasteiger charge is 2.35. The summed E-state index contributed by atoms with van der Waals surface area (Å²) < 4.78 is 0. The largest absolute Gasteiger partial charge is 0.513 e. The Hall–Kier alpha value is -1.90. The molecule has 2 atom stereocenters. The first kappa shape index (κ1) is 10.6. The Balaban J connectivity index is 2.48. The van der Waals surface area contributed by atoms with Gasteiger partial charge in [0.1, 0.15) is 5.75 Å². The second kappa shape index (κ2) is 3.59. The zero-order chi connectivity index (χ0) is 11.9. The van der Waals surface area contributed by atoms with Crippen LogP contribution >= 0.6 is 0 Å². The van der Waals surface area contributed by atoms with E-state index in [4.69, 9.17) is 5.73 Å². The van der Waals surface area contributed by atoms with E-state index in [-0.39, 0.29) is 23.3 Å². The molecule has 0 aliphatic heterocycles. The van der Waals surface area contributed by atoms with Crippen LogP contribution in [0.15, 0.2) is 36.6 Å². The lowest BCUT2D eigenvalue weighted by Crippen LogP contribution is -2.21. The molecule has 2 unspecified atom stereocenters. The second-order valence-corrected chi connectivity index (χ2v) is 4.14. The van der Waals surface area contributed by atoms with Crippen molar-refractivity contribution in [3.8, 4) is 5.75 Å². The van der Waals surface area contributed by atoms with E-state index in [1.807, 2.05) is 6.08 Å². The molecule has 1 aliphatic carbocycles. The number of aromatic hydroxyl groups is 1. The summed E-state index contributed by atoms with van der Waals surface area (Å²) >= 11 is 0. The van der Waals surface area contributed by atoms with Crippen LogP contribution in [0.3, 0.4) is 0 Å². The standard InChI is InChI=1S/C13H15NO2/c1-3-8-9(4-7(2)15)10-5-12(14)13(16)6-11(8)10/h3-6,8-9,15-16H,1,14H2,2H3/b7-4+. The highest BCUT2D eigenvalue weighted by Crippen LogP contribution is 2.50. The minimum Gasteiger partial charge on any atom is -0.513 e. The molecular formula is C13H15NO2. The number of hydrogen-bond donors (Lipinski definition) is 3. The number of benzene rings is 1. The second-order valence-electron chi connectivity index (χ2n) is 4.14. The van der Waals surface area contributed by atoms with Crippen LogP contribution in [0.25, 0.3) is 0 Å². The van der Waals surface area contributed by atoms with E-state index in [0.29, 0.717) is 5.69 Å². The molecule has 0 heterocycles. The highest BCUT2D eigenvalue weighted by molar-refractivity contribution is 5.63. The average Bonchev–Trinajstić information content (AvgIpc) is 2.22. The topological polar surface area (TPSA) is 66.5 Å². The lowest BCUT2D eigenvalue weighted by Gasteiger charge is -2.36. The van der Waals surface area contributed by atoms with Gasteiger partial charge in [-0.1, -0.05) is 6.08 Å². The van der Waals surface area contributed by atoms with Crippen molar-refractivity contribution in [1.29, 1.82) is 0 Å².